The third-order valence-electron chi connectivity index (χ3n) is 6.10. The van der Waals surface area contributed by atoms with E-state index in [9.17, 15) is 4.79 Å². The zero-order valence-corrected chi connectivity index (χ0v) is 18.1. The second-order valence-electron chi connectivity index (χ2n) is 8.35. The van der Waals surface area contributed by atoms with Gasteiger partial charge in [-0.1, -0.05) is 0 Å². The van der Waals surface area contributed by atoms with Gasteiger partial charge in [0.25, 0.3) is 0 Å². The van der Waals surface area contributed by atoms with Crippen molar-refractivity contribution in [2.24, 2.45) is 0 Å². The predicted octanol–water partition coefficient (Wildman–Crippen LogP) is 2.99. The molecule has 2 aliphatic rings. The van der Waals surface area contributed by atoms with Crippen molar-refractivity contribution in [1.82, 2.24) is 14.9 Å². The molecule has 2 aliphatic heterocycles. The van der Waals surface area contributed by atoms with Crippen molar-refractivity contribution in [3.63, 3.8) is 0 Å². The van der Waals surface area contributed by atoms with Gasteiger partial charge in [-0.05, 0) is 63.4 Å². The number of likely N-dealkylation sites (tertiary alicyclic amines) is 1. The minimum Gasteiger partial charge on any atom is -0.497 e. The molecule has 1 atom stereocenters. The monoisotopic (exact) mass is 409 g/mol. The van der Waals surface area contributed by atoms with Crippen LogP contribution in [0.4, 0.5) is 11.5 Å². The Kier molecular flexibility index (Phi) is 6.18. The standard InChI is InChI=1S/C23H31N5O2/c1-16-20-7-5-12-27(2)23(20)26-22(24-16)17-6-4-13-28(14-17)15-21(29)25-18-8-10-19(30-3)11-9-18/h8-11,17H,4-7,12-15H2,1-3H3,(H,25,29)/t17-/m0/s1. The molecule has 0 bridgehead atoms. The largest absolute Gasteiger partial charge is 0.497 e. The number of hydrogen-bond acceptors (Lipinski definition) is 6. The van der Waals surface area contributed by atoms with E-state index >= 15 is 0 Å². The molecular formula is C23H31N5O2. The summed E-state index contributed by atoms with van der Waals surface area (Å²) >= 11 is 0. The highest BCUT2D eigenvalue weighted by Gasteiger charge is 2.27. The Morgan fingerprint density at radius 2 is 2.00 bits per heavy atom. The van der Waals surface area contributed by atoms with E-state index in [1.807, 2.05) is 24.3 Å². The average molecular weight is 410 g/mol. The van der Waals surface area contributed by atoms with Crippen LogP contribution in [0.1, 0.15) is 42.3 Å². The first-order valence-electron chi connectivity index (χ1n) is 10.8. The third-order valence-corrected chi connectivity index (χ3v) is 6.10. The first-order chi connectivity index (χ1) is 14.5. The first-order valence-corrected chi connectivity index (χ1v) is 10.8. The summed E-state index contributed by atoms with van der Waals surface area (Å²) in [6, 6.07) is 7.41. The second kappa shape index (κ2) is 9.00. The molecule has 1 N–H and O–H groups in total. The number of methoxy groups -OCH3 is 1. The maximum absolute atomic E-state index is 12.5. The van der Waals surface area contributed by atoms with E-state index < -0.39 is 0 Å². The predicted molar refractivity (Wildman–Crippen MR) is 118 cm³/mol. The molecule has 1 saturated heterocycles. The maximum Gasteiger partial charge on any atom is 0.238 e. The van der Waals surface area contributed by atoms with Crippen LogP contribution in [-0.2, 0) is 11.2 Å². The van der Waals surface area contributed by atoms with Gasteiger partial charge in [-0.15, -0.1) is 0 Å². The molecule has 0 aliphatic carbocycles. The molecule has 2 aromatic rings. The SMILES string of the molecule is COc1ccc(NC(=O)CN2CCC[C@H](c3nc(C)c4c(n3)N(C)CCC4)C2)cc1. The topological polar surface area (TPSA) is 70.6 Å². The number of benzene rings is 1. The van der Waals surface area contributed by atoms with Crippen molar-refractivity contribution in [1.29, 1.82) is 0 Å². The number of anilines is 2. The minimum atomic E-state index is 0.00286. The third kappa shape index (κ3) is 4.56. The molecule has 0 saturated carbocycles. The number of carbonyl (C=O) groups excluding carboxylic acids is 1. The summed E-state index contributed by atoms with van der Waals surface area (Å²) in [6.07, 6.45) is 4.34. The molecule has 7 nitrogen and oxygen atoms in total. The number of amides is 1. The van der Waals surface area contributed by atoms with Crippen LogP contribution in [0.25, 0.3) is 0 Å². The number of fused-ring (bicyclic) bond motifs is 1. The smallest absolute Gasteiger partial charge is 0.238 e. The Hall–Kier alpha value is -2.67. The number of ether oxygens (including phenoxy) is 1. The molecule has 1 fully saturated rings. The minimum absolute atomic E-state index is 0.00286. The van der Waals surface area contributed by atoms with Gasteiger partial charge in [-0.25, -0.2) is 9.97 Å². The Bertz CT molecular complexity index is 899. The Morgan fingerprint density at radius 3 is 2.77 bits per heavy atom. The lowest BCUT2D eigenvalue weighted by molar-refractivity contribution is -0.117. The van der Waals surface area contributed by atoms with Gasteiger partial charge in [0.15, 0.2) is 0 Å². The van der Waals surface area contributed by atoms with Gasteiger partial charge < -0.3 is 15.0 Å². The highest BCUT2D eigenvalue weighted by Crippen LogP contribution is 2.30. The quantitative estimate of drug-likeness (QED) is 0.819. The lowest BCUT2D eigenvalue weighted by Crippen LogP contribution is -2.40. The number of rotatable bonds is 5. The van der Waals surface area contributed by atoms with Crippen LogP contribution in [0, 0.1) is 6.92 Å². The fraction of sp³-hybridized carbons (Fsp3) is 0.522. The summed E-state index contributed by atoms with van der Waals surface area (Å²) < 4.78 is 5.16. The van der Waals surface area contributed by atoms with Gasteiger partial charge in [0, 0.05) is 43.0 Å². The Balaban J connectivity index is 1.40. The van der Waals surface area contributed by atoms with Crippen LogP contribution >= 0.6 is 0 Å². The fourth-order valence-electron chi connectivity index (χ4n) is 4.48. The molecule has 7 heteroatoms. The number of aryl methyl sites for hydroxylation is 1. The molecule has 3 heterocycles. The van der Waals surface area contributed by atoms with Crippen molar-refractivity contribution >= 4 is 17.4 Å². The van der Waals surface area contributed by atoms with Gasteiger partial charge in [-0.2, -0.15) is 0 Å². The number of nitrogens with one attached hydrogen (secondary N) is 1. The van der Waals surface area contributed by atoms with Crippen molar-refractivity contribution in [3.8, 4) is 5.75 Å². The van der Waals surface area contributed by atoms with Crippen LogP contribution in [-0.4, -0.2) is 61.1 Å². The van der Waals surface area contributed by atoms with E-state index in [1.165, 1.54) is 5.56 Å². The summed E-state index contributed by atoms with van der Waals surface area (Å²) in [4.78, 5) is 26.8. The Morgan fingerprint density at radius 1 is 1.20 bits per heavy atom. The highest BCUT2D eigenvalue weighted by atomic mass is 16.5. The zero-order chi connectivity index (χ0) is 21.1. The molecule has 160 valence electrons. The van der Waals surface area contributed by atoms with E-state index in [2.05, 4.69) is 29.1 Å². The van der Waals surface area contributed by atoms with Crippen molar-refractivity contribution in [3.05, 3.63) is 41.3 Å². The molecule has 1 aromatic heterocycles. The normalized spacial score (nSPS) is 19.3. The van der Waals surface area contributed by atoms with Gasteiger partial charge in [0.2, 0.25) is 5.91 Å². The summed E-state index contributed by atoms with van der Waals surface area (Å²) in [5.74, 6) is 3.08. The van der Waals surface area contributed by atoms with Crippen LogP contribution in [0.2, 0.25) is 0 Å². The number of hydrogen-bond donors (Lipinski definition) is 1. The highest BCUT2D eigenvalue weighted by molar-refractivity contribution is 5.92. The molecule has 0 spiro atoms. The lowest BCUT2D eigenvalue weighted by atomic mass is 9.96. The molecule has 4 rings (SSSR count). The van der Waals surface area contributed by atoms with Gasteiger partial charge >= 0.3 is 0 Å². The second-order valence-corrected chi connectivity index (χ2v) is 8.35. The van der Waals surface area contributed by atoms with E-state index in [1.54, 1.807) is 7.11 Å². The zero-order valence-electron chi connectivity index (χ0n) is 18.1. The van der Waals surface area contributed by atoms with E-state index in [4.69, 9.17) is 14.7 Å². The summed E-state index contributed by atoms with van der Waals surface area (Å²) in [5, 5.41) is 2.98. The van der Waals surface area contributed by atoms with E-state index in [0.717, 1.165) is 74.1 Å². The van der Waals surface area contributed by atoms with Gasteiger partial charge in [0.1, 0.15) is 17.4 Å². The van der Waals surface area contributed by atoms with Crippen LogP contribution in [0.15, 0.2) is 24.3 Å². The number of aromatic nitrogens is 2. The summed E-state index contributed by atoms with van der Waals surface area (Å²) in [6.45, 7) is 5.28. The molecular weight excluding hydrogens is 378 g/mol. The fourth-order valence-corrected chi connectivity index (χ4v) is 4.48. The number of carbonyl (C=O) groups is 1. The van der Waals surface area contributed by atoms with E-state index in [-0.39, 0.29) is 11.8 Å². The number of nitrogens with zero attached hydrogens (tertiary/aromatic N) is 4. The van der Waals surface area contributed by atoms with Gasteiger partial charge in [0.05, 0.1) is 13.7 Å². The molecule has 1 amide bonds. The lowest BCUT2D eigenvalue weighted by Gasteiger charge is -2.33. The van der Waals surface area contributed by atoms with Crippen LogP contribution in [0.3, 0.4) is 0 Å². The Labute approximate surface area is 178 Å². The van der Waals surface area contributed by atoms with Crippen LogP contribution < -0.4 is 15.0 Å². The van der Waals surface area contributed by atoms with Crippen molar-refractivity contribution < 1.29 is 9.53 Å². The van der Waals surface area contributed by atoms with E-state index in [0.29, 0.717) is 6.54 Å². The molecule has 0 radical (unpaired) electrons. The molecule has 1 aromatic carbocycles. The average Bonchev–Trinajstić information content (AvgIpc) is 2.75. The molecule has 30 heavy (non-hydrogen) atoms. The number of piperidine rings is 1. The summed E-state index contributed by atoms with van der Waals surface area (Å²) in [5.41, 5.74) is 3.18. The van der Waals surface area contributed by atoms with Crippen LogP contribution in [0.5, 0.6) is 5.75 Å². The maximum atomic E-state index is 12.5. The summed E-state index contributed by atoms with van der Waals surface area (Å²) in [7, 11) is 3.75. The van der Waals surface area contributed by atoms with Crippen molar-refractivity contribution in [2.75, 3.05) is 50.6 Å². The van der Waals surface area contributed by atoms with Crippen molar-refractivity contribution in [2.45, 2.75) is 38.5 Å². The first kappa shape index (κ1) is 20.6. The van der Waals surface area contributed by atoms with Gasteiger partial charge in [-0.3, -0.25) is 9.69 Å². The molecule has 0 unspecified atom stereocenters.